The van der Waals surface area contributed by atoms with Gasteiger partial charge in [-0.25, -0.2) is 8.78 Å². The second kappa shape index (κ2) is 4.41. The highest BCUT2D eigenvalue weighted by atomic mass is 19.1. The Labute approximate surface area is 96.9 Å². The van der Waals surface area contributed by atoms with Crippen LogP contribution in [0.5, 0.6) is 0 Å². The number of hydrogen-bond donors (Lipinski definition) is 0. The van der Waals surface area contributed by atoms with Crippen LogP contribution in [0.4, 0.5) is 8.78 Å². The van der Waals surface area contributed by atoms with Crippen LogP contribution in [0.2, 0.25) is 0 Å². The van der Waals surface area contributed by atoms with Crippen molar-refractivity contribution in [1.82, 2.24) is 4.98 Å². The molecule has 1 heterocycles. The summed E-state index contributed by atoms with van der Waals surface area (Å²) >= 11 is 0. The first-order valence-corrected chi connectivity index (χ1v) is 5.00. The summed E-state index contributed by atoms with van der Waals surface area (Å²) in [7, 11) is 0. The molecule has 0 spiro atoms. The number of aromatic nitrogens is 1. The van der Waals surface area contributed by atoms with Crippen LogP contribution in [0.15, 0.2) is 36.7 Å². The van der Waals surface area contributed by atoms with E-state index in [1.807, 2.05) is 0 Å². The Hall–Kier alpha value is -2.10. The molecule has 2 rings (SSSR count). The lowest BCUT2D eigenvalue weighted by atomic mass is 10.0. The average Bonchev–Trinajstić information content (AvgIpc) is 2.32. The third-order valence-electron chi connectivity index (χ3n) is 2.45. The molecule has 0 fully saturated rings. The Morgan fingerprint density at radius 2 is 1.94 bits per heavy atom. The van der Waals surface area contributed by atoms with Crippen molar-refractivity contribution < 1.29 is 13.6 Å². The van der Waals surface area contributed by atoms with Crippen molar-refractivity contribution in [2.24, 2.45) is 0 Å². The maximum Gasteiger partial charge on any atom is 0.196 e. The van der Waals surface area contributed by atoms with E-state index >= 15 is 0 Å². The Morgan fingerprint density at radius 3 is 2.59 bits per heavy atom. The lowest BCUT2D eigenvalue weighted by molar-refractivity contribution is 0.103. The van der Waals surface area contributed by atoms with Crippen molar-refractivity contribution in [3.8, 4) is 0 Å². The van der Waals surface area contributed by atoms with E-state index in [1.54, 1.807) is 6.92 Å². The molecule has 0 saturated carbocycles. The topological polar surface area (TPSA) is 30.0 Å². The zero-order valence-electron chi connectivity index (χ0n) is 9.08. The lowest BCUT2D eigenvalue weighted by Gasteiger charge is -2.03. The van der Waals surface area contributed by atoms with Gasteiger partial charge in [0.05, 0.1) is 11.8 Å². The van der Waals surface area contributed by atoms with Crippen molar-refractivity contribution in [3.63, 3.8) is 0 Å². The minimum Gasteiger partial charge on any atom is -0.288 e. The first kappa shape index (κ1) is 11.4. The molecule has 17 heavy (non-hydrogen) atoms. The molecule has 0 bridgehead atoms. The van der Waals surface area contributed by atoms with Gasteiger partial charge in [0.1, 0.15) is 5.82 Å². The number of carbonyl (C=O) groups is 1. The second-order valence-corrected chi connectivity index (χ2v) is 3.65. The zero-order valence-corrected chi connectivity index (χ0v) is 9.08. The Bertz CT molecular complexity index is 581. The minimum absolute atomic E-state index is 0.108. The van der Waals surface area contributed by atoms with E-state index in [9.17, 15) is 13.6 Å². The molecule has 0 aliphatic rings. The van der Waals surface area contributed by atoms with Gasteiger partial charge in [-0.05, 0) is 24.6 Å². The zero-order chi connectivity index (χ0) is 12.4. The standard InChI is InChI=1S/C13H9F2NO/c1-8-2-3-9(6-11(8)14)13(17)10-4-5-16-7-12(10)15/h2-7H,1H3. The number of pyridine rings is 1. The molecule has 1 aromatic heterocycles. The smallest absolute Gasteiger partial charge is 0.196 e. The minimum atomic E-state index is -0.710. The maximum absolute atomic E-state index is 13.3. The van der Waals surface area contributed by atoms with Crippen LogP contribution in [0, 0.1) is 18.6 Å². The number of carbonyl (C=O) groups excluding carboxylic acids is 1. The summed E-state index contributed by atoms with van der Waals surface area (Å²) in [6, 6.07) is 5.34. The molecule has 0 radical (unpaired) electrons. The van der Waals surface area contributed by atoms with Crippen LogP contribution in [0.1, 0.15) is 21.5 Å². The highest BCUT2D eigenvalue weighted by Gasteiger charge is 2.14. The van der Waals surface area contributed by atoms with E-state index in [0.29, 0.717) is 5.56 Å². The molecule has 2 aromatic rings. The van der Waals surface area contributed by atoms with Gasteiger partial charge < -0.3 is 0 Å². The Kier molecular flexibility index (Phi) is 2.95. The second-order valence-electron chi connectivity index (χ2n) is 3.65. The van der Waals surface area contributed by atoms with Crippen LogP contribution in [-0.2, 0) is 0 Å². The fraction of sp³-hybridized carbons (Fsp3) is 0.0769. The number of halogens is 2. The highest BCUT2D eigenvalue weighted by Crippen LogP contribution is 2.15. The van der Waals surface area contributed by atoms with Crippen LogP contribution in [0.25, 0.3) is 0 Å². The monoisotopic (exact) mass is 233 g/mol. The van der Waals surface area contributed by atoms with Crippen molar-refractivity contribution in [2.45, 2.75) is 6.92 Å². The van der Waals surface area contributed by atoms with Gasteiger partial charge in [0, 0.05) is 11.8 Å². The van der Waals surface area contributed by atoms with Gasteiger partial charge in [-0.1, -0.05) is 12.1 Å². The molecule has 0 aliphatic carbocycles. The molecule has 1 aromatic carbocycles. The summed E-state index contributed by atoms with van der Waals surface area (Å²) in [6.45, 7) is 1.59. The van der Waals surface area contributed by atoms with Gasteiger partial charge in [-0.2, -0.15) is 0 Å². The van der Waals surface area contributed by atoms with Gasteiger partial charge in [0.2, 0.25) is 0 Å². The van der Waals surface area contributed by atoms with Gasteiger partial charge >= 0.3 is 0 Å². The van der Waals surface area contributed by atoms with Crippen LogP contribution in [0.3, 0.4) is 0 Å². The molecule has 0 unspecified atom stereocenters. The van der Waals surface area contributed by atoms with Crippen LogP contribution >= 0.6 is 0 Å². The summed E-state index contributed by atoms with van der Waals surface area (Å²) in [5.41, 5.74) is 0.457. The Balaban J connectivity index is 2.44. The van der Waals surface area contributed by atoms with Gasteiger partial charge in [0.25, 0.3) is 0 Å². The average molecular weight is 233 g/mol. The third kappa shape index (κ3) is 2.20. The van der Waals surface area contributed by atoms with Crippen molar-refractivity contribution in [1.29, 1.82) is 0 Å². The molecule has 0 saturated heterocycles. The van der Waals surface area contributed by atoms with Crippen LogP contribution in [-0.4, -0.2) is 10.8 Å². The molecule has 0 N–H and O–H groups in total. The highest BCUT2D eigenvalue weighted by molar-refractivity contribution is 6.09. The number of hydrogen-bond acceptors (Lipinski definition) is 2. The largest absolute Gasteiger partial charge is 0.288 e. The summed E-state index contributed by atoms with van der Waals surface area (Å²) in [4.78, 5) is 15.4. The SMILES string of the molecule is Cc1ccc(C(=O)c2ccncc2F)cc1F. The number of benzene rings is 1. The molecular weight excluding hydrogens is 224 g/mol. The number of rotatable bonds is 2. The predicted octanol–water partition coefficient (Wildman–Crippen LogP) is 2.90. The van der Waals surface area contributed by atoms with E-state index < -0.39 is 17.4 Å². The fourth-order valence-corrected chi connectivity index (χ4v) is 1.45. The van der Waals surface area contributed by atoms with E-state index in [0.717, 1.165) is 12.3 Å². The first-order chi connectivity index (χ1) is 8.09. The number of ketones is 1. The molecule has 2 nitrogen and oxygen atoms in total. The predicted molar refractivity (Wildman–Crippen MR) is 58.8 cm³/mol. The molecular formula is C13H9F2NO. The van der Waals surface area contributed by atoms with Gasteiger partial charge in [0.15, 0.2) is 11.6 Å². The van der Waals surface area contributed by atoms with Gasteiger partial charge in [-0.15, -0.1) is 0 Å². The molecule has 0 aliphatic heterocycles. The summed E-state index contributed by atoms with van der Waals surface area (Å²) in [5, 5.41) is 0. The summed E-state index contributed by atoms with van der Waals surface area (Å²) < 4.78 is 26.6. The summed E-state index contributed by atoms with van der Waals surface area (Å²) in [6.07, 6.45) is 2.28. The third-order valence-corrected chi connectivity index (χ3v) is 2.45. The Morgan fingerprint density at radius 1 is 1.18 bits per heavy atom. The van der Waals surface area contributed by atoms with E-state index in [2.05, 4.69) is 4.98 Å². The quantitative estimate of drug-likeness (QED) is 0.746. The maximum atomic E-state index is 13.3. The van der Waals surface area contributed by atoms with Gasteiger partial charge in [-0.3, -0.25) is 9.78 Å². The van der Waals surface area contributed by atoms with Crippen molar-refractivity contribution in [3.05, 3.63) is 65.0 Å². The fourth-order valence-electron chi connectivity index (χ4n) is 1.45. The van der Waals surface area contributed by atoms with Crippen molar-refractivity contribution >= 4 is 5.78 Å². The first-order valence-electron chi connectivity index (χ1n) is 5.00. The van der Waals surface area contributed by atoms with E-state index in [-0.39, 0.29) is 11.1 Å². The van der Waals surface area contributed by atoms with Crippen molar-refractivity contribution in [2.75, 3.05) is 0 Å². The molecule has 86 valence electrons. The number of nitrogens with zero attached hydrogens (tertiary/aromatic N) is 1. The summed E-state index contributed by atoms with van der Waals surface area (Å²) in [5.74, 6) is -1.74. The van der Waals surface area contributed by atoms with E-state index in [1.165, 1.54) is 24.4 Å². The lowest BCUT2D eigenvalue weighted by Crippen LogP contribution is -2.05. The number of aryl methyl sites for hydroxylation is 1. The molecule has 4 heteroatoms. The normalized spacial score (nSPS) is 10.3. The molecule has 0 atom stereocenters. The van der Waals surface area contributed by atoms with Crippen LogP contribution < -0.4 is 0 Å². The van der Waals surface area contributed by atoms with E-state index in [4.69, 9.17) is 0 Å². The molecule has 0 amide bonds.